The molecule has 3 heteroatoms. The van der Waals surface area contributed by atoms with Crippen molar-refractivity contribution in [2.75, 3.05) is 0 Å². The summed E-state index contributed by atoms with van der Waals surface area (Å²) in [6.45, 7) is 0. The average Bonchev–Trinajstić information content (AvgIpc) is 2.65. The summed E-state index contributed by atoms with van der Waals surface area (Å²) in [6.07, 6.45) is 8.82. The van der Waals surface area contributed by atoms with Crippen molar-refractivity contribution < 1.29 is 0 Å². The maximum atomic E-state index is 5.79. The Kier molecular flexibility index (Phi) is 3.56. The maximum Gasteiger partial charge on any atom is 0.0944 e. The predicted octanol–water partition coefficient (Wildman–Crippen LogP) is 3.06. The number of amidine groups is 1. The fourth-order valence-electron chi connectivity index (χ4n) is 1.73. The Bertz CT molecular complexity index is 352. The predicted molar refractivity (Wildman–Crippen MR) is 67.2 cm³/mol. The molecule has 1 aliphatic heterocycles. The summed E-state index contributed by atoms with van der Waals surface area (Å²) in [5, 5.41) is 2.09. The van der Waals surface area contributed by atoms with Crippen molar-refractivity contribution in [3.63, 3.8) is 0 Å². The third kappa shape index (κ3) is 3.20. The minimum atomic E-state index is 0.287. The van der Waals surface area contributed by atoms with Crippen molar-refractivity contribution in [3.8, 4) is 0 Å². The van der Waals surface area contributed by atoms with Crippen molar-refractivity contribution >= 4 is 23.2 Å². The largest absolute Gasteiger partial charge is 0.387 e. The minimum absolute atomic E-state index is 0.287. The molecule has 15 heavy (non-hydrogen) atoms. The van der Waals surface area contributed by atoms with Gasteiger partial charge in [0.2, 0.25) is 0 Å². The molecule has 1 aromatic rings. The van der Waals surface area contributed by atoms with Gasteiger partial charge in [-0.1, -0.05) is 18.6 Å². The molecule has 2 heterocycles. The molecule has 2 rings (SSSR count). The third-order valence-electron chi connectivity index (χ3n) is 2.54. The van der Waals surface area contributed by atoms with Crippen molar-refractivity contribution in [2.24, 2.45) is 10.7 Å². The van der Waals surface area contributed by atoms with Gasteiger partial charge in [0.15, 0.2) is 0 Å². The fourth-order valence-corrected chi connectivity index (χ4v) is 2.36. The van der Waals surface area contributed by atoms with Crippen LogP contribution in [0, 0.1) is 0 Å². The van der Waals surface area contributed by atoms with Gasteiger partial charge >= 0.3 is 0 Å². The van der Waals surface area contributed by atoms with Crippen LogP contribution < -0.4 is 5.73 Å². The summed E-state index contributed by atoms with van der Waals surface area (Å²) >= 11 is 1.75. The van der Waals surface area contributed by atoms with Gasteiger partial charge in [0.1, 0.15) is 0 Å². The number of aliphatic imine (C=N–C) groups is 1. The van der Waals surface area contributed by atoms with Gasteiger partial charge in [0, 0.05) is 11.3 Å². The first-order valence-corrected chi connectivity index (χ1v) is 6.26. The number of thiophene rings is 1. The summed E-state index contributed by atoms with van der Waals surface area (Å²) in [5.74, 6) is 0.813. The van der Waals surface area contributed by atoms with Crippen LogP contribution in [-0.4, -0.2) is 11.9 Å². The number of hydrogen-bond donors (Lipinski definition) is 1. The smallest absolute Gasteiger partial charge is 0.0944 e. The number of nitrogens with zero attached hydrogens (tertiary/aromatic N) is 1. The highest BCUT2D eigenvalue weighted by Gasteiger charge is 2.08. The third-order valence-corrected chi connectivity index (χ3v) is 3.38. The second-order valence-corrected chi connectivity index (χ2v) is 4.79. The Morgan fingerprint density at radius 3 is 3.20 bits per heavy atom. The van der Waals surface area contributed by atoms with Gasteiger partial charge in [-0.05, 0) is 30.4 Å². The van der Waals surface area contributed by atoms with Crippen LogP contribution in [0.3, 0.4) is 0 Å². The van der Waals surface area contributed by atoms with E-state index in [1.807, 2.05) is 0 Å². The van der Waals surface area contributed by atoms with Gasteiger partial charge < -0.3 is 5.73 Å². The van der Waals surface area contributed by atoms with Gasteiger partial charge in [-0.25, -0.2) is 0 Å². The zero-order valence-corrected chi connectivity index (χ0v) is 9.54. The highest BCUT2D eigenvalue weighted by atomic mass is 32.1. The molecule has 0 amide bonds. The minimum Gasteiger partial charge on any atom is -0.387 e. The molecule has 0 radical (unpaired) electrons. The van der Waals surface area contributed by atoms with E-state index >= 15 is 0 Å². The molecule has 80 valence electrons. The van der Waals surface area contributed by atoms with Crippen LogP contribution in [0.1, 0.15) is 30.6 Å². The molecular formula is C12H16N2S. The maximum absolute atomic E-state index is 5.79. The second kappa shape index (κ2) is 5.12. The first kappa shape index (κ1) is 10.4. The number of hydrogen-bond acceptors (Lipinski definition) is 3. The van der Waals surface area contributed by atoms with Gasteiger partial charge in [-0.3, -0.25) is 4.99 Å². The first-order chi connectivity index (χ1) is 7.34. The lowest BCUT2D eigenvalue weighted by molar-refractivity contribution is 0.669. The first-order valence-electron chi connectivity index (χ1n) is 5.38. The van der Waals surface area contributed by atoms with E-state index in [1.54, 1.807) is 11.3 Å². The zero-order chi connectivity index (χ0) is 10.5. The molecule has 1 aromatic heterocycles. The second-order valence-electron chi connectivity index (χ2n) is 3.81. The van der Waals surface area contributed by atoms with Crippen molar-refractivity contribution in [3.05, 3.63) is 28.5 Å². The highest BCUT2D eigenvalue weighted by molar-refractivity contribution is 7.10. The molecule has 0 aromatic carbocycles. The molecule has 2 N–H and O–H groups in total. The van der Waals surface area contributed by atoms with Crippen molar-refractivity contribution in [2.45, 2.75) is 31.7 Å². The Hall–Kier alpha value is -1.09. The molecule has 1 unspecified atom stereocenters. The quantitative estimate of drug-likeness (QED) is 0.817. The molecule has 0 bridgehead atoms. The van der Waals surface area contributed by atoms with E-state index in [1.165, 1.54) is 17.7 Å². The molecule has 0 fully saturated rings. The van der Waals surface area contributed by atoms with E-state index in [9.17, 15) is 0 Å². The van der Waals surface area contributed by atoms with Gasteiger partial charge in [-0.2, -0.15) is 0 Å². The Morgan fingerprint density at radius 2 is 2.40 bits per heavy atom. The molecule has 2 nitrogen and oxygen atoms in total. The molecule has 0 saturated heterocycles. The van der Waals surface area contributed by atoms with E-state index in [-0.39, 0.29) is 6.04 Å². The Balaban J connectivity index is 2.01. The van der Waals surface area contributed by atoms with Crippen LogP contribution in [0.2, 0.25) is 0 Å². The SMILES string of the molecule is NC1=NC(/C=C/c2cccs2)CCCC1. The summed E-state index contributed by atoms with van der Waals surface area (Å²) in [4.78, 5) is 5.77. The van der Waals surface area contributed by atoms with E-state index in [2.05, 4.69) is 34.7 Å². The standard InChI is InChI=1S/C12H16N2S/c13-12-6-2-1-4-10(14-12)7-8-11-5-3-9-15-11/h3,5,7-10H,1-2,4,6H2,(H2,13,14)/b8-7+. The van der Waals surface area contributed by atoms with Crippen molar-refractivity contribution in [1.82, 2.24) is 0 Å². The Labute approximate surface area is 94.5 Å². The summed E-state index contributed by atoms with van der Waals surface area (Å²) < 4.78 is 0. The van der Waals surface area contributed by atoms with Gasteiger partial charge in [0.05, 0.1) is 11.9 Å². The molecule has 0 aliphatic carbocycles. The highest BCUT2D eigenvalue weighted by Crippen LogP contribution is 2.16. The van der Waals surface area contributed by atoms with Gasteiger partial charge in [0.25, 0.3) is 0 Å². The lowest BCUT2D eigenvalue weighted by atomic mass is 10.1. The van der Waals surface area contributed by atoms with E-state index in [0.717, 1.165) is 18.7 Å². The topological polar surface area (TPSA) is 38.4 Å². The normalized spacial score (nSPS) is 22.7. The zero-order valence-electron chi connectivity index (χ0n) is 8.73. The van der Waals surface area contributed by atoms with Gasteiger partial charge in [-0.15, -0.1) is 11.3 Å². The van der Waals surface area contributed by atoms with Crippen LogP contribution in [0.25, 0.3) is 6.08 Å². The van der Waals surface area contributed by atoms with Crippen LogP contribution in [0.4, 0.5) is 0 Å². The van der Waals surface area contributed by atoms with Crippen molar-refractivity contribution in [1.29, 1.82) is 0 Å². The van der Waals surface area contributed by atoms with Crippen LogP contribution in [-0.2, 0) is 0 Å². The van der Waals surface area contributed by atoms with E-state index in [0.29, 0.717) is 0 Å². The van der Waals surface area contributed by atoms with Crippen LogP contribution in [0.15, 0.2) is 28.6 Å². The van der Waals surface area contributed by atoms with Crippen LogP contribution in [0.5, 0.6) is 0 Å². The lowest BCUT2D eigenvalue weighted by Crippen LogP contribution is -2.12. The molecule has 0 spiro atoms. The summed E-state index contributed by atoms with van der Waals surface area (Å²) in [7, 11) is 0. The van der Waals surface area contributed by atoms with E-state index in [4.69, 9.17) is 5.73 Å². The van der Waals surface area contributed by atoms with Crippen LogP contribution >= 0.6 is 11.3 Å². The Morgan fingerprint density at radius 1 is 1.47 bits per heavy atom. The molecule has 1 atom stereocenters. The molecule has 1 aliphatic rings. The monoisotopic (exact) mass is 220 g/mol. The van der Waals surface area contributed by atoms with E-state index < -0.39 is 0 Å². The average molecular weight is 220 g/mol. The molecule has 0 saturated carbocycles. The fraction of sp³-hybridized carbons (Fsp3) is 0.417. The number of nitrogens with two attached hydrogens (primary N) is 1. The molecular weight excluding hydrogens is 204 g/mol. The lowest BCUT2D eigenvalue weighted by Gasteiger charge is -2.03. The summed E-state index contributed by atoms with van der Waals surface area (Å²) in [6, 6.07) is 4.47. The number of rotatable bonds is 2. The summed E-state index contributed by atoms with van der Waals surface area (Å²) in [5.41, 5.74) is 5.79.